The van der Waals surface area contributed by atoms with E-state index in [4.69, 9.17) is 5.26 Å². The van der Waals surface area contributed by atoms with Gasteiger partial charge in [-0.25, -0.2) is 0 Å². The average molecular weight is 228 g/mol. The quantitative estimate of drug-likeness (QED) is 0.778. The van der Waals surface area contributed by atoms with Crippen molar-refractivity contribution in [3.8, 4) is 6.07 Å². The SMILES string of the molecule is CC(C)(C)C1CN(Cc2ccccc2C#N)C1. The number of nitrogens with zero attached hydrogens (tertiary/aromatic N) is 2. The molecule has 0 aromatic heterocycles. The van der Waals surface area contributed by atoms with Gasteiger partial charge in [0.25, 0.3) is 0 Å². The van der Waals surface area contributed by atoms with E-state index in [1.165, 1.54) is 0 Å². The first-order chi connectivity index (χ1) is 8.00. The van der Waals surface area contributed by atoms with E-state index >= 15 is 0 Å². The lowest BCUT2D eigenvalue weighted by Gasteiger charge is -2.46. The molecule has 1 saturated heterocycles. The molecule has 1 aliphatic heterocycles. The van der Waals surface area contributed by atoms with Gasteiger partial charge in [-0.2, -0.15) is 5.26 Å². The molecule has 17 heavy (non-hydrogen) atoms. The number of rotatable bonds is 2. The van der Waals surface area contributed by atoms with Crippen molar-refractivity contribution in [3.05, 3.63) is 35.4 Å². The number of nitriles is 1. The summed E-state index contributed by atoms with van der Waals surface area (Å²) >= 11 is 0. The van der Waals surface area contributed by atoms with Gasteiger partial charge in [-0.15, -0.1) is 0 Å². The second-order valence-electron chi connectivity index (χ2n) is 6.03. The van der Waals surface area contributed by atoms with Crippen LogP contribution in [0.15, 0.2) is 24.3 Å². The lowest BCUT2D eigenvalue weighted by atomic mass is 9.76. The maximum atomic E-state index is 9.03. The van der Waals surface area contributed by atoms with Gasteiger partial charge >= 0.3 is 0 Å². The lowest BCUT2D eigenvalue weighted by molar-refractivity contribution is 0.0189. The molecule has 0 saturated carbocycles. The zero-order valence-corrected chi connectivity index (χ0v) is 10.9. The molecule has 0 amide bonds. The van der Waals surface area contributed by atoms with Crippen LogP contribution in [0.4, 0.5) is 0 Å². The summed E-state index contributed by atoms with van der Waals surface area (Å²) in [4.78, 5) is 2.42. The molecule has 1 heterocycles. The number of hydrogen-bond donors (Lipinski definition) is 0. The molecule has 2 rings (SSSR count). The third kappa shape index (κ3) is 2.68. The Labute approximate surface area is 104 Å². The average Bonchev–Trinajstić information content (AvgIpc) is 2.21. The first-order valence-corrected chi connectivity index (χ1v) is 6.21. The van der Waals surface area contributed by atoms with Gasteiger partial charge in [-0.05, 0) is 23.0 Å². The smallest absolute Gasteiger partial charge is 0.0995 e. The molecular formula is C15H20N2. The fourth-order valence-electron chi connectivity index (χ4n) is 2.25. The third-order valence-electron chi connectivity index (χ3n) is 3.71. The Kier molecular flexibility index (Phi) is 3.22. The van der Waals surface area contributed by atoms with Crippen molar-refractivity contribution in [1.29, 1.82) is 5.26 Å². The van der Waals surface area contributed by atoms with Gasteiger partial charge in [0.2, 0.25) is 0 Å². The van der Waals surface area contributed by atoms with Crippen LogP contribution in [-0.2, 0) is 6.54 Å². The van der Waals surface area contributed by atoms with Crippen LogP contribution in [0.5, 0.6) is 0 Å². The molecular weight excluding hydrogens is 208 g/mol. The Morgan fingerprint density at radius 3 is 2.53 bits per heavy atom. The van der Waals surface area contributed by atoms with Crippen molar-refractivity contribution < 1.29 is 0 Å². The molecule has 1 aromatic carbocycles. The van der Waals surface area contributed by atoms with Crippen molar-refractivity contribution in [2.45, 2.75) is 27.3 Å². The molecule has 2 nitrogen and oxygen atoms in total. The van der Waals surface area contributed by atoms with Crippen LogP contribution >= 0.6 is 0 Å². The van der Waals surface area contributed by atoms with Crippen LogP contribution in [0.1, 0.15) is 31.9 Å². The van der Waals surface area contributed by atoms with Gasteiger partial charge in [0.15, 0.2) is 0 Å². The molecule has 0 unspecified atom stereocenters. The van der Waals surface area contributed by atoms with E-state index in [0.29, 0.717) is 5.41 Å². The van der Waals surface area contributed by atoms with Gasteiger partial charge in [0.05, 0.1) is 11.6 Å². The van der Waals surface area contributed by atoms with Crippen molar-refractivity contribution >= 4 is 0 Å². The first-order valence-electron chi connectivity index (χ1n) is 6.21. The molecule has 1 aromatic rings. The minimum Gasteiger partial charge on any atom is -0.298 e. The molecule has 0 radical (unpaired) electrons. The zero-order chi connectivity index (χ0) is 12.5. The summed E-state index contributed by atoms with van der Waals surface area (Å²) in [5.41, 5.74) is 2.37. The molecule has 0 N–H and O–H groups in total. The first kappa shape index (κ1) is 12.1. The summed E-state index contributed by atoms with van der Waals surface area (Å²) in [7, 11) is 0. The van der Waals surface area contributed by atoms with Gasteiger partial charge in [-0.1, -0.05) is 39.0 Å². The van der Waals surface area contributed by atoms with Gasteiger partial charge < -0.3 is 0 Å². The summed E-state index contributed by atoms with van der Waals surface area (Å²) in [5, 5.41) is 9.03. The number of likely N-dealkylation sites (tertiary alicyclic amines) is 1. The van der Waals surface area contributed by atoms with E-state index in [9.17, 15) is 0 Å². The van der Waals surface area contributed by atoms with Gasteiger partial charge in [0, 0.05) is 19.6 Å². The summed E-state index contributed by atoms with van der Waals surface area (Å²) in [6, 6.07) is 10.2. The molecule has 1 fully saturated rings. The Morgan fingerprint density at radius 2 is 1.94 bits per heavy atom. The highest BCUT2D eigenvalue weighted by Gasteiger charge is 2.35. The van der Waals surface area contributed by atoms with E-state index < -0.39 is 0 Å². The van der Waals surface area contributed by atoms with E-state index in [2.05, 4.69) is 37.8 Å². The number of benzene rings is 1. The fraction of sp³-hybridized carbons (Fsp3) is 0.533. The van der Waals surface area contributed by atoms with E-state index in [-0.39, 0.29) is 0 Å². The maximum Gasteiger partial charge on any atom is 0.0995 e. The predicted molar refractivity (Wildman–Crippen MR) is 69.4 cm³/mol. The second kappa shape index (κ2) is 4.50. The van der Waals surface area contributed by atoms with Crippen LogP contribution in [0.2, 0.25) is 0 Å². The third-order valence-corrected chi connectivity index (χ3v) is 3.71. The van der Waals surface area contributed by atoms with E-state index in [0.717, 1.165) is 36.7 Å². The van der Waals surface area contributed by atoms with Crippen LogP contribution in [0.25, 0.3) is 0 Å². The molecule has 0 spiro atoms. The minimum atomic E-state index is 0.408. The van der Waals surface area contributed by atoms with Crippen molar-refractivity contribution in [3.63, 3.8) is 0 Å². The Morgan fingerprint density at radius 1 is 1.29 bits per heavy atom. The van der Waals surface area contributed by atoms with Crippen LogP contribution in [-0.4, -0.2) is 18.0 Å². The Bertz CT molecular complexity index is 431. The molecule has 1 aliphatic rings. The molecule has 0 bridgehead atoms. The van der Waals surface area contributed by atoms with Crippen molar-refractivity contribution in [2.75, 3.05) is 13.1 Å². The van der Waals surface area contributed by atoms with E-state index in [1.807, 2.05) is 18.2 Å². The highest BCUT2D eigenvalue weighted by atomic mass is 15.2. The highest BCUT2D eigenvalue weighted by Crippen LogP contribution is 2.34. The fourth-order valence-corrected chi connectivity index (χ4v) is 2.25. The van der Waals surface area contributed by atoms with Crippen LogP contribution in [0.3, 0.4) is 0 Å². The Hall–Kier alpha value is -1.33. The summed E-state index contributed by atoms with van der Waals surface area (Å²) in [5.74, 6) is 0.789. The summed E-state index contributed by atoms with van der Waals surface area (Å²) in [6.07, 6.45) is 0. The van der Waals surface area contributed by atoms with E-state index in [1.54, 1.807) is 0 Å². The standard InChI is InChI=1S/C15H20N2/c1-15(2,3)14-10-17(11-14)9-13-7-5-4-6-12(13)8-16/h4-7,14H,9-11H2,1-3H3. The molecule has 2 heteroatoms. The minimum absolute atomic E-state index is 0.408. The topological polar surface area (TPSA) is 27.0 Å². The molecule has 90 valence electrons. The van der Waals surface area contributed by atoms with Crippen molar-refractivity contribution in [2.24, 2.45) is 11.3 Å². The number of hydrogen-bond acceptors (Lipinski definition) is 2. The van der Waals surface area contributed by atoms with Gasteiger partial charge in [0.1, 0.15) is 0 Å². The summed E-state index contributed by atoms with van der Waals surface area (Å²) in [6.45, 7) is 10.1. The molecule has 0 aliphatic carbocycles. The van der Waals surface area contributed by atoms with Gasteiger partial charge in [-0.3, -0.25) is 4.90 Å². The maximum absolute atomic E-state index is 9.03. The summed E-state index contributed by atoms with van der Waals surface area (Å²) < 4.78 is 0. The van der Waals surface area contributed by atoms with Crippen LogP contribution < -0.4 is 0 Å². The predicted octanol–water partition coefficient (Wildman–Crippen LogP) is 3.04. The van der Waals surface area contributed by atoms with Crippen LogP contribution in [0, 0.1) is 22.7 Å². The lowest BCUT2D eigenvalue weighted by Crippen LogP contribution is -2.51. The largest absolute Gasteiger partial charge is 0.298 e. The Balaban J connectivity index is 1.95. The monoisotopic (exact) mass is 228 g/mol. The zero-order valence-electron chi connectivity index (χ0n) is 10.9. The second-order valence-corrected chi connectivity index (χ2v) is 6.03. The normalized spacial score (nSPS) is 17.5. The van der Waals surface area contributed by atoms with Crippen molar-refractivity contribution in [1.82, 2.24) is 4.90 Å². The highest BCUT2D eigenvalue weighted by molar-refractivity contribution is 5.37. The molecule has 0 atom stereocenters.